The molecule has 0 saturated carbocycles. The highest BCUT2D eigenvalue weighted by atomic mass is 16.5. The van der Waals surface area contributed by atoms with Crippen molar-refractivity contribution in [3.63, 3.8) is 0 Å². The van der Waals surface area contributed by atoms with E-state index in [0.717, 1.165) is 5.57 Å². The third-order valence-electron chi connectivity index (χ3n) is 6.73. The summed E-state index contributed by atoms with van der Waals surface area (Å²) in [4.78, 5) is 23.9. The van der Waals surface area contributed by atoms with Crippen LogP contribution >= 0.6 is 0 Å². The van der Waals surface area contributed by atoms with Gasteiger partial charge in [-0.15, -0.1) is 0 Å². The topological polar surface area (TPSA) is 116 Å². The first-order valence-corrected chi connectivity index (χ1v) is 11.5. The van der Waals surface area contributed by atoms with E-state index < -0.39 is 24.4 Å². The first-order chi connectivity index (χ1) is 14.7. The fourth-order valence-electron chi connectivity index (χ4n) is 4.63. The molecule has 7 nitrogen and oxygen atoms in total. The van der Waals surface area contributed by atoms with Crippen molar-refractivity contribution in [3.8, 4) is 0 Å². The Morgan fingerprint density at radius 1 is 1.29 bits per heavy atom. The molecule has 0 heterocycles. The maximum absolute atomic E-state index is 12.5. The van der Waals surface area contributed by atoms with Gasteiger partial charge >= 0.3 is 5.97 Å². The van der Waals surface area contributed by atoms with Gasteiger partial charge in [-0.25, -0.2) is 0 Å². The van der Waals surface area contributed by atoms with E-state index in [-0.39, 0.29) is 48.4 Å². The molecule has 2 rings (SSSR count). The number of hydrogen-bond donors (Lipinski definition) is 4. The second-order valence-corrected chi connectivity index (χ2v) is 9.16. The summed E-state index contributed by atoms with van der Waals surface area (Å²) in [5, 5.41) is 33.2. The van der Waals surface area contributed by atoms with Gasteiger partial charge in [-0.2, -0.15) is 0 Å². The molecule has 1 amide bonds. The zero-order valence-electron chi connectivity index (χ0n) is 19.2. The Hall–Kier alpha value is -1.70. The molecule has 0 aliphatic heterocycles. The summed E-state index contributed by atoms with van der Waals surface area (Å²) in [7, 11) is 1.51. The number of hydrogen-bond acceptors (Lipinski definition) is 6. The molecule has 0 aromatic rings. The molecule has 0 aromatic carbocycles. The summed E-state index contributed by atoms with van der Waals surface area (Å²) >= 11 is 0. The first-order valence-electron chi connectivity index (χ1n) is 11.5. The molecule has 2 aliphatic rings. The summed E-state index contributed by atoms with van der Waals surface area (Å²) in [6, 6.07) is 0. The Kier molecular flexibility index (Phi) is 9.72. The van der Waals surface area contributed by atoms with Crippen molar-refractivity contribution in [2.24, 2.45) is 23.7 Å². The van der Waals surface area contributed by atoms with Crippen LogP contribution in [0.1, 0.15) is 59.3 Å². The van der Waals surface area contributed by atoms with E-state index >= 15 is 0 Å². The highest BCUT2D eigenvalue weighted by Gasteiger charge is 2.42. The minimum absolute atomic E-state index is 0.0283. The van der Waals surface area contributed by atoms with Gasteiger partial charge in [0.1, 0.15) is 6.10 Å². The van der Waals surface area contributed by atoms with E-state index in [0.29, 0.717) is 25.7 Å². The lowest BCUT2D eigenvalue weighted by atomic mass is 9.66. The molecule has 4 N–H and O–H groups in total. The van der Waals surface area contributed by atoms with Crippen LogP contribution in [0.15, 0.2) is 23.8 Å². The van der Waals surface area contributed by atoms with E-state index in [1.807, 2.05) is 26.0 Å². The number of aliphatic hydroxyl groups excluding tert-OH is 3. The lowest BCUT2D eigenvalue weighted by Gasteiger charge is -2.43. The predicted octanol–water partition coefficient (Wildman–Crippen LogP) is 2.10. The average Bonchev–Trinajstić information content (AvgIpc) is 2.72. The first kappa shape index (κ1) is 25.6. The van der Waals surface area contributed by atoms with Crippen molar-refractivity contribution in [3.05, 3.63) is 23.8 Å². The van der Waals surface area contributed by atoms with E-state index in [1.165, 1.54) is 7.05 Å². The van der Waals surface area contributed by atoms with Gasteiger partial charge in [0, 0.05) is 19.4 Å². The lowest BCUT2D eigenvalue weighted by molar-refractivity contribution is -0.159. The maximum Gasteiger partial charge on any atom is 0.308 e. The quantitative estimate of drug-likeness (QED) is 0.389. The number of ether oxygens (including phenoxy) is 1. The number of rotatable bonds is 10. The molecule has 0 fully saturated rings. The zero-order chi connectivity index (χ0) is 23.1. The Bertz CT molecular complexity index is 675. The van der Waals surface area contributed by atoms with Crippen LogP contribution in [-0.4, -0.2) is 58.7 Å². The fraction of sp³-hybridized carbons (Fsp3) is 0.750. The SMILES string of the molecule is CCC(C)C(=O)O[C@H]1C[C@H](O)C=C2C=C[C@H](C)[C@H](CC[C@@H](O)C[C@@H](O)CC(=O)NC)[C@H]21. The average molecular weight is 438 g/mol. The molecule has 0 radical (unpaired) electrons. The Morgan fingerprint density at radius 3 is 2.65 bits per heavy atom. The summed E-state index contributed by atoms with van der Waals surface area (Å²) in [6.45, 7) is 5.91. The number of allylic oxidation sites excluding steroid dienone is 2. The van der Waals surface area contributed by atoms with Crippen LogP contribution in [0.4, 0.5) is 0 Å². The molecule has 0 aromatic heterocycles. The number of aliphatic hydroxyl groups is 3. The normalized spacial score (nSPS) is 30.5. The summed E-state index contributed by atoms with van der Waals surface area (Å²) in [5.74, 6) is -0.342. The predicted molar refractivity (Wildman–Crippen MR) is 118 cm³/mol. The van der Waals surface area contributed by atoms with Crippen LogP contribution in [0.2, 0.25) is 0 Å². The van der Waals surface area contributed by atoms with Crippen LogP contribution in [-0.2, 0) is 14.3 Å². The van der Waals surface area contributed by atoms with Crippen LogP contribution < -0.4 is 5.32 Å². The fourth-order valence-corrected chi connectivity index (χ4v) is 4.63. The molecular formula is C24H39NO6. The highest BCUT2D eigenvalue weighted by molar-refractivity contribution is 5.76. The number of nitrogens with one attached hydrogen (secondary N) is 1. The van der Waals surface area contributed by atoms with E-state index in [4.69, 9.17) is 4.74 Å². The van der Waals surface area contributed by atoms with Crippen molar-refractivity contribution in [1.29, 1.82) is 0 Å². The number of amides is 1. The maximum atomic E-state index is 12.5. The van der Waals surface area contributed by atoms with E-state index in [2.05, 4.69) is 18.3 Å². The van der Waals surface area contributed by atoms with Crippen LogP contribution in [0, 0.1) is 23.7 Å². The summed E-state index contributed by atoms with van der Waals surface area (Å²) in [5.41, 5.74) is 0.984. The van der Waals surface area contributed by atoms with Crippen molar-refractivity contribution < 1.29 is 29.6 Å². The van der Waals surface area contributed by atoms with Crippen molar-refractivity contribution >= 4 is 11.9 Å². The monoisotopic (exact) mass is 437 g/mol. The van der Waals surface area contributed by atoms with Crippen molar-refractivity contribution in [1.82, 2.24) is 5.32 Å². The van der Waals surface area contributed by atoms with Gasteiger partial charge in [0.15, 0.2) is 0 Å². The lowest BCUT2D eigenvalue weighted by Crippen LogP contribution is -2.43. The van der Waals surface area contributed by atoms with Gasteiger partial charge in [-0.05, 0) is 43.1 Å². The van der Waals surface area contributed by atoms with Crippen molar-refractivity contribution in [2.45, 2.75) is 83.7 Å². The second kappa shape index (κ2) is 11.8. The molecule has 2 aliphatic carbocycles. The van der Waals surface area contributed by atoms with Crippen LogP contribution in [0.25, 0.3) is 0 Å². The van der Waals surface area contributed by atoms with Crippen molar-refractivity contribution in [2.75, 3.05) is 7.05 Å². The van der Waals surface area contributed by atoms with Gasteiger partial charge in [-0.3, -0.25) is 9.59 Å². The summed E-state index contributed by atoms with van der Waals surface area (Å²) in [6.07, 6.45) is 5.66. The molecule has 0 saturated heterocycles. The highest BCUT2D eigenvalue weighted by Crippen LogP contribution is 2.44. The largest absolute Gasteiger partial charge is 0.461 e. The molecule has 0 bridgehead atoms. The third kappa shape index (κ3) is 7.16. The number of carbonyl (C=O) groups excluding carboxylic acids is 2. The smallest absolute Gasteiger partial charge is 0.308 e. The van der Waals surface area contributed by atoms with Crippen LogP contribution in [0.5, 0.6) is 0 Å². The van der Waals surface area contributed by atoms with E-state index in [1.54, 1.807) is 0 Å². The number of carbonyl (C=O) groups is 2. The minimum Gasteiger partial charge on any atom is -0.461 e. The van der Waals surface area contributed by atoms with Gasteiger partial charge in [0.05, 0.1) is 30.7 Å². The standard InChI is InChI=1S/C24H39NO6/c1-5-14(2)24(30)31-21-12-18(27)10-16-7-6-15(3)20(23(16)21)9-8-17(26)11-19(28)13-22(29)25-4/h6-7,10,14-15,17-21,23,26-28H,5,8-9,11-13H2,1-4H3,(H,25,29)/t14?,15-,17+,18+,19+,20-,21-,23-/m0/s1. The van der Waals surface area contributed by atoms with Gasteiger partial charge in [0.2, 0.25) is 5.91 Å². The summed E-state index contributed by atoms with van der Waals surface area (Å²) < 4.78 is 5.87. The Balaban J connectivity index is 2.06. The minimum atomic E-state index is -0.886. The molecule has 31 heavy (non-hydrogen) atoms. The van der Waals surface area contributed by atoms with Crippen LogP contribution in [0.3, 0.4) is 0 Å². The molecule has 176 valence electrons. The van der Waals surface area contributed by atoms with Gasteiger partial charge in [-0.1, -0.05) is 39.0 Å². The Morgan fingerprint density at radius 2 is 2.00 bits per heavy atom. The Labute approximate surface area is 185 Å². The third-order valence-corrected chi connectivity index (χ3v) is 6.73. The molecule has 1 unspecified atom stereocenters. The number of fused-ring (bicyclic) bond motifs is 1. The number of esters is 1. The van der Waals surface area contributed by atoms with Gasteiger partial charge < -0.3 is 25.4 Å². The molecule has 8 atom stereocenters. The van der Waals surface area contributed by atoms with E-state index in [9.17, 15) is 24.9 Å². The molecule has 0 spiro atoms. The molecule has 7 heteroatoms. The molecular weight excluding hydrogens is 398 g/mol. The van der Waals surface area contributed by atoms with Gasteiger partial charge in [0.25, 0.3) is 0 Å². The zero-order valence-corrected chi connectivity index (χ0v) is 19.2. The second-order valence-electron chi connectivity index (χ2n) is 9.16.